The molecule has 1 rings (SSSR count). The van der Waals surface area contributed by atoms with E-state index in [0.717, 1.165) is 18.6 Å². The Labute approximate surface area is 92.4 Å². The predicted octanol–water partition coefficient (Wildman–Crippen LogP) is 2.81. The Morgan fingerprint density at radius 1 is 1.20 bits per heavy atom. The van der Waals surface area contributed by atoms with E-state index in [1.54, 1.807) is 0 Å². The summed E-state index contributed by atoms with van der Waals surface area (Å²) >= 11 is 0. The average molecular weight is 207 g/mol. The van der Waals surface area contributed by atoms with Crippen LogP contribution < -0.4 is 5.73 Å². The van der Waals surface area contributed by atoms with Crippen LogP contribution in [0.2, 0.25) is 0 Å². The molecule has 0 fully saturated rings. The molecular formula is C13H21NO. The average Bonchev–Trinajstić information content (AvgIpc) is 2.26. The quantitative estimate of drug-likeness (QED) is 0.805. The normalized spacial score (nSPS) is 14.9. The molecule has 2 unspecified atom stereocenters. The second-order valence-corrected chi connectivity index (χ2v) is 3.84. The van der Waals surface area contributed by atoms with Crippen LogP contribution in [-0.2, 0) is 4.74 Å². The van der Waals surface area contributed by atoms with Gasteiger partial charge in [0.15, 0.2) is 0 Å². The van der Waals surface area contributed by atoms with Crippen molar-refractivity contribution in [2.45, 2.75) is 39.3 Å². The molecule has 0 aliphatic rings. The highest BCUT2D eigenvalue weighted by Crippen LogP contribution is 2.19. The van der Waals surface area contributed by atoms with Crippen LogP contribution in [0.25, 0.3) is 0 Å². The van der Waals surface area contributed by atoms with Gasteiger partial charge in [0.2, 0.25) is 0 Å². The molecule has 2 heteroatoms. The Kier molecular flexibility index (Phi) is 4.79. The van der Waals surface area contributed by atoms with E-state index in [2.05, 4.69) is 38.1 Å². The molecule has 0 saturated carbocycles. The molecule has 15 heavy (non-hydrogen) atoms. The minimum Gasteiger partial charge on any atom is -0.377 e. The number of ether oxygens (including phenoxy) is 1. The summed E-state index contributed by atoms with van der Waals surface area (Å²) in [7, 11) is 0. The van der Waals surface area contributed by atoms with Crippen LogP contribution in [0.1, 0.15) is 37.4 Å². The SMILES string of the molecule is CCOC(CC)C(N)c1ccc(C)cc1. The van der Waals surface area contributed by atoms with E-state index in [1.807, 2.05) is 6.92 Å². The van der Waals surface area contributed by atoms with Crippen molar-refractivity contribution in [1.82, 2.24) is 0 Å². The lowest BCUT2D eigenvalue weighted by Gasteiger charge is -2.22. The highest BCUT2D eigenvalue weighted by molar-refractivity contribution is 5.24. The van der Waals surface area contributed by atoms with Crippen molar-refractivity contribution in [3.63, 3.8) is 0 Å². The number of nitrogens with two attached hydrogens (primary N) is 1. The summed E-state index contributed by atoms with van der Waals surface area (Å²) in [4.78, 5) is 0. The molecule has 0 aliphatic carbocycles. The van der Waals surface area contributed by atoms with E-state index in [-0.39, 0.29) is 12.1 Å². The van der Waals surface area contributed by atoms with Gasteiger partial charge in [-0.05, 0) is 25.8 Å². The van der Waals surface area contributed by atoms with Crippen LogP contribution in [0, 0.1) is 6.92 Å². The van der Waals surface area contributed by atoms with Crippen LogP contribution in [0.3, 0.4) is 0 Å². The van der Waals surface area contributed by atoms with E-state index in [0.29, 0.717) is 0 Å². The number of benzene rings is 1. The molecule has 0 aliphatic heterocycles. The first-order chi connectivity index (χ1) is 7.19. The molecule has 2 N–H and O–H groups in total. The molecule has 0 spiro atoms. The maximum Gasteiger partial charge on any atom is 0.0764 e. The van der Waals surface area contributed by atoms with Gasteiger partial charge in [0.1, 0.15) is 0 Å². The van der Waals surface area contributed by atoms with E-state index in [4.69, 9.17) is 10.5 Å². The topological polar surface area (TPSA) is 35.2 Å². The van der Waals surface area contributed by atoms with E-state index >= 15 is 0 Å². The summed E-state index contributed by atoms with van der Waals surface area (Å²) in [6.07, 6.45) is 1.07. The first kappa shape index (κ1) is 12.2. The zero-order valence-corrected chi connectivity index (χ0v) is 9.86. The molecular weight excluding hydrogens is 186 g/mol. The van der Waals surface area contributed by atoms with E-state index < -0.39 is 0 Å². The predicted molar refractivity (Wildman–Crippen MR) is 63.8 cm³/mol. The summed E-state index contributed by atoms with van der Waals surface area (Å²) < 4.78 is 5.61. The van der Waals surface area contributed by atoms with Crippen LogP contribution in [0.4, 0.5) is 0 Å². The van der Waals surface area contributed by atoms with Gasteiger partial charge < -0.3 is 10.5 Å². The van der Waals surface area contributed by atoms with Gasteiger partial charge in [-0.2, -0.15) is 0 Å². The van der Waals surface area contributed by atoms with Crippen molar-refractivity contribution in [3.05, 3.63) is 35.4 Å². The third-order valence-corrected chi connectivity index (χ3v) is 2.65. The Morgan fingerprint density at radius 3 is 2.27 bits per heavy atom. The van der Waals surface area contributed by atoms with E-state index in [9.17, 15) is 0 Å². The Morgan fingerprint density at radius 2 is 1.80 bits per heavy atom. The lowest BCUT2D eigenvalue weighted by molar-refractivity contribution is 0.0413. The van der Waals surface area contributed by atoms with Gasteiger partial charge in [0, 0.05) is 6.61 Å². The molecule has 0 aromatic heterocycles. The molecule has 0 saturated heterocycles. The highest BCUT2D eigenvalue weighted by atomic mass is 16.5. The maximum atomic E-state index is 6.16. The van der Waals surface area contributed by atoms with Crippen LogP contribution in [0.15, 0.2) is 24.3 Å². The number of aryl methyl sites for hydroxylation is 1. The van der Waals surface area contributed by atoms with Gasteiger partial charge in [-0.25, -0.2) is 0 Å². The Balaban J connectivity index is 2.73. The molecule has 1 aromatic rings. The molecule has 2 nitrogen and oxygen atoms in total. The van der Waals surface area contributed by atoms with E-state index in [1.165, 1.54) is 5.56 Å². The van der Waals surface area contributed by atoms with Gasteiger partial charge >= 0.3 is 0 Å². The van der Waals surface area contributed by atoms with Crippen molar-refractivity contribution in [2.24, 2.45) is 5.73 Å². The summed E-state index contributed by atoms with van der Waals surface area (Å²) in [6.45, 7) is 6.91. The van der Waals surface area contributed by atoms with Crippen LogP contribution in [-0.4, -0.2) is 12.7 Å². The lowest BCUT2D eigenvalue weighted by Crippen LogP contribution is -2.28. The van der Waals surface area contributed by atoms with Gasteiger partial charge in [-0.3, -0.25) is 0 Å². The second-order valence-electron chi connectivity index (χ2n) is 3.84. The third-order valence-electron chi connectivity index (χ3n) is 2.65. The fourth-order valence-corrected chi connectivity index (χ4v) is 1.69. The third kappa shape index (κ3) is 3.33. The molecule has 1 aromatic carbocycles. The first-order valence-electron chi connectivity index (χ1n) is 5.62. The minimum atomic E-state index is -0.0180. The monoisotopic (exact) mass is 207 g/mol. The number of hydrogen-bond acceptors (Lipinski definition) is 2. The zero-order chi connectivity index (χ0) is 11.3. The molecule has 0 bridgehead atoms. The fraction of sp³-hybridized carbons (Fsp3) is 0.538. The molecule has 84 valence electrons. The summed E-state index contributed by atoms with van der Waals surface area (Å²) in [5.41, 5.74) is 8.57. The van der Waals surface area contributed by atoms with Crippen molar-refractivity contribution in [1.29, 1.82) is 0 Å². The number of hydrogen-bond donors (Lipinski definition) is 1. The van der Waals surface area contributed by atoms with Gasteiger partial charge in [0.25, 0.3) is 0 Å². The Bertz CT molecular complexity index is 281. The first-order valence-corrected chi connectivity index (χ1v) is 5.62. The molecule has 0 radical (unpaired) electrons. The largest absolute Gasteiger partial charge is 0.377 e. The fourth-order valence-electron chi connectivity index (χ4n) is 1.69. The zero-order valence-electron chi connectivity index (χ0n) is 9.86. The highest BCUT2D eigenvalue weighted by Gasteiger charge is 2.17. The smallest absolute Gasteiger partial charge is 0.0764 e. The van der Waals surface area contributed by atoms with Gasteiger partial charge in [0.05, 0.1) is 12.1 Å². The van der Waals surface area contributed by atoms with Gasteiger partial charge in [-0.1, -0.05) is 36.8 Å². The molecule has 2 atom stereocenters. The number of rotatable bonds is 5. The summed E-state index contributed by atoms with van der Waals surface area (Å²) in [5, 5.41) is 0. The van der Waals surface area contributed by atoms with Crippen LogP contribution in [0.5, 0.6) is 0 Å². The van der Waals surface area contributed by atoms with Gasteiger partial charge in [-0.15, -0.1) is 0 Å². The van der Waals surface area contributed by atoms with Crippen molar-refractivity contribution in [2.75, 3.05) is 6.61 Å². The molecule has 0 amide bonds. The summed E-state index contributed by atoms with van der Waals surface area (Å²) in [5.74, 6) is 0. The second kappa shape index (κ2) is 5.89. The van der Waals surface area contributed by atoms with Crippen LogP contribution >= 0.6 is 0 Å². The standard InChI is InChI=1S/C13H21NO/c1-4-12(15-5-2)13(14)11-8-6-10(3)7-9-11/h6-9,12-13H,4-5,14H2,1-3H3. The van der Waals surface area contributed by atoms with Crippen molar-refractivity contribution >= 4 is 0 Å². The van der Waals surface area contributed by atoms with Crippen molar-refractivity contribution < 1.29 is 4.74 Å². The minimum absolute atomic E-state index is 0.0180. The lowest BCUT2D eigenvalue weighted by atomic mass is 9.99. The maximum absolute atomic E-state index is 6.16. The van der Waals surface area contributed by atoms with Crippen molar-refractivity contribution in [3.8, 4) is 0 Å². The molecule has 0 heterocycles. The summed E-state index contributed by atoms with van der Waals surface area (Å²) in [6, 6.07) is 8.33. The Hall–Kier alpha value is -0.860.